The molecule has 2 rings (SSSR count). The highest BCUT2D eigenvalue weighted by molar-refractivity contribution is 5.43. The Labute approximate surface area is 118 Å². The van der Waals surface area contributed by atoms with Gasteiger partial charge in [-0.2, -0.15) is 0 Å². The van der Waals surface area contributed by atoms with E-state index < -0.39 is 12.2 Å². The smallest absolute Gasteiger partial charge is 0.171 e. The first kappa shape index (κ1) is 15.1. The lowest BCUT2D eigenvalue weighted by molar-refractivity contribution is -0.0101. The van der Waals surface area contributed by atoms with Crippen LogP contribution in [0.2, 0.25) is 0 Å². The van der Waals surface area contributed by atoms with Crippen LogP contribution in [0, 0.1) is 5.82 Å². The molecule has 1 aromatic rings. The Bertz CT molecular complexity index is 450. The normalized spacial score (nSPS) is 19.1. The quantitative estimate of drug-likeness (QED) is 0.785. The summed E-state index contributed by atoms with van der Waals surface area (Å²) in [7, 11) is 0. The Kier molecular flexibility index (Phi) is 5.20. The van der Waals surface area contributed by atoms with Crippen molar-refractivity contribution in [3.63, 3.8) is 0 Å². The van der Waals surface area contributed by atoms with Gasteiger partial charge in [-0.15, -0.1) is 0 Å². The van der Waals surface area contributed by atoms with E-state index >= 15 is 0 Å². The first-order valence-electron chi connectivity index (χ1n) is 7.07. The van der Waals surface area contributed by atoms with E-state index in [9.17, 15) is 9.50 Å². The molecule has 2 N–H and O–H groups in total. The van der Waals surface area contributed by atoms with E-state index in [-0.39, 0.29) is 18.2 Å². The first-order valence-corrected chi connectivity index (χ1v) is 7.07. The molecule has 0 fully saturated rings. The van der Waals surface area contributed by atoms with E-state index in [1.54, 1.807) is 12.1 Å². The molecule has 1 aliphatic heterocycles. The van der Waals surface area contributed by atoms with E-state index in [0.717, 1.165) is 12.8 Å². The maximum absolute atomic E-state index is 14.3. The monoisotopic (exact) mass is 284 g/mol. The molecule has 4 nitrogen and oxygen atoms in total. The number of aliphatic hydroxyl groups excluding tert-OH is 2. The van der Waals surface area contributed by atoms with Gasteiger partial charge in [0.05, 0.1) is 13.2 Å². The van der Waals surface area contributed by atoms with Crippen molar-refractivity contribution in [2.75, 3.05) is 13.2 Å². The average molecular weight is 284 g/mol. The van der Waals surface area contributed by atoms with Crippen LogP contribution in [-0.2, 0) is 6.42 Å². The number of ether oxygens (including phenoxy) is 2. The lowest BCUT2D eigenvalue weighted by Crippen LogP contribution is -2.37. The highest BCUT2D eigenvalue weighted by Gasteiger charge is 2.28. The highest BCUT2D eigenvalue weighted by atomic mass is 19.1. The molecule has 0 amide bonds. The molecule has 0 bridgehead atoms. The number of rotatable bonds is 6. The molecule has 2 atom stereocenters. The Balaban J connectivity index is 2.10. The molecule has 112 valence electrons. The fraction of sp³-hybridized carbons (Fsp3) is 0.600. The number of unbranched alkanes of at least 4 members (excludes halogenated alkanes) is 1. The maximum Gasteiger partial charge on any atom is 0.171 e. The Morgan fingerprint density at radius 2 is 2.30 bits per heavy atom. The number of fused-ring (bicyclic) bond motifs is 1. The Morgan fingerprint density at radius 3 is 3.00 bits per heavy atom. The lowest BCUT2D eigenvalue weighted by atomic mass is 9.98. The second-order valence-corrected chi connectivity index (χ2v) is 5.00. The molecular weight excluding hydrogens is 263 g/mol. The number of halogens is 1. The van der Waals surface area contributed by atoms with Gasteiger partial charge in [-0.1, -0.05) is 13.3 Å². The number of aliphatic hydroxyl groups is 2. The van der Waals surface area contributed by atoms with Crippen LogP contribution in [0.3, 0.4) is 0 Å². The van der Waals surface area contributed by atoms with E-state index in [4.69, 9.17) is 14.6 Å². The van der Waals surface area contributed by atoms with Crippen LogP contribution in [0.4, 0.5) is 4.39 Å². The van der Waals surface area contributed by atoms with Crippen LogP contribution in [0.15, 0.2) is 12.1 Å². The summed E-state index contributed by atoms with van der Waals surface area (Å²) in [4.78, 5) is 0. The van der Waals surface area contributed by atoms with Crippen molar-refractivity contribution in [2.45, 2.75) is 44.8 Å². The van der Waals surface area contributed by atoms with Gasteiger partial charge in [-0.25, -0.2) is 4.39 Å². The van der Waals surface area contributed by atoms with Gasteiger partial charge in [-0.3, -0.25) is 0 Å². The standard InChI is InChI=1S/C15H21FO4/c1-2-3-8-19-14-7-6-12-10(15(14)16)4-5-13(20-12)11(18)9-17/h6-7,11,13,17-18H,2-5,8-9H2,1H3/t11-,13-/m0/s1. The second kappa shape index (κ2) is 6.90. The molecule has 5 heteroatoms. The van der Waals surface area contributed by atoms with Crippen molar-refractivity contribution in [1.82, 2.24) is 0 Å². The summed E-state index contributed by atoms with van der Waals surface area (Å²) in [6, 6.07) is 3.22. The van der Waals surface area contributed by atoms with Gasteiger partial charge in [0.1, 0.15) is 18.0 Å². The molecule has 20 heavy (non-hydrogen) atoms. The third kappa shape index (κ3) is 3.22. The largest absolute Gasteiger partial charge is 0.491 e. The van der Waals surface area contributed by atoms with Crippen LogP contribution in [0.5, 0.6) is 11.5 Å². The van der Waals surface area contributed by atoms with E-state index in [0.29, 0.717) is 30.8 Å². The van der Waals surface area contributed by atoms with Crippen molar-refractivity contribution in [3.8, 4) is 11.5 Å². The third-order valence-corrected chi connectivity index (χ3v) is 3.49. The highest BCUT2D eigenvalue weighted by Crippen LogP contribution is 2.35. The number of hydrogen-bond donors (Lipinski definition) is 2. The molecule has 1 aromatic carbocycles. The van der Waals surface area contributed by atoms with Crippen molar-refractivity contribution < 1.29 is 24.1 Å². The molecule has 0 unspecified atom stereocenters. The summed E-state index contributed by atoms with van der Waals surface area (Å²) in [5.41, 5.74) is 0.486. The Morgan fingerprint density at radius 1 is 1.50 bits per heavy atom. The van der Waals surface area contributed by atoms with Gasteiger partial charge in [0.15, 0.2) is 11.6 Å². The second-order valence-electron chi connectivity index (χ2n) is 5.00. The van der Waals surface area contributed by atoms with Crippen LogP contribution < -0.4 is 9.47 Å². The first-order chi connectivity index (χ1) is 9.67. The van der Waals surface area contributed by atoms with Crippen molar-refractivity contribution in [1.29, 1.82) is 0 Å². The summed E-state index contributed by atoms with van der Waals surface area (Å²) in [5.74, 6) is 0.298. The van der Waals surface area contributed by atoms with E-state index in [1.807, 2.05) is 6.92 Å². The Hall–Kier alpha value is -1.33. The fourth-order valence-electron chi connectivity index (χ4n) is 2.26. The molecule has 0 spiro atoms. The number of hydrogen-bond acceptors (Lipinski definition) is 4. The summed E-state index contributed by atoms with van der Waals surface area (Å²) in [6.07, 6.45) is 1.40. The summed E-state index contributed by atoms with van der Waals surface area (Å²) < 4.78 is 25.2. The van der Waals surface area contributed by atoms with Gasteiger partial charge in [-0.05, 0) is 31.4 Å². The molecule has 0 aliphatic carbocycles. The SMILES string of the molecule is CCCCOc1ccc2c(c1F)CC[C@@H]([C@@H](O)CO)O2. The summed E-state index contributed by atoms with van der Waals surface area (Å²) in [6.45, 7) is 2.19. The van der Waals surface area contributed by atoms with Crippen LogP contribution >= 0.6 is 0 Å². The van der Waals surface area contributed by atoms with Gasteiger partial charge >= 0.3 is 0 Å². The molecule has 0 saturated carbocycles. The zero-order chi connectivity index (χ0) is 14.5. The zero-order valence-corrected chi connectivity index (χ0v) is 11.6. The average Bonchev–Trinajstić information content (AvgIpc) is 2.48. The predicted molar refractivity (Wildman–Crippen MR) is 72.6 cm³/mol. The minimum atomic E-state index is -0.938. The van der Waals surface area contributed by atoms with Gasteiger partial charge < -0.3 is 19.7 Å². The van der Waals surface area contributed by atoms with Crippen molar-refractivity contribution in [2.24, 2.45) is 0 Å². The van der Waals surface area contributed by atoms with Gasteiger partial charge in [0.25, 0.3) is 0 Å². The molecule has 0 saturated heterocycles. The zero-order valence-electron chi connectivity index (χ0n) is 11.6. The minimum absolute atomic E-state index is 0.252. The predicted octanol–water partition coefficient (Wildman–Crippen LogP) is 2.05. The minimum Gasteiger partial charge on any atom is -0.491 e. The van der Waals surface area contributed by atoms with Crippen molar-refractivity contribution >= 4 is 0 Å². The third-order valence-electron chi connectivity index (χ3n) is 3.49. The van der Waals surface area contributed by atoms with Crippen LogP contribution in [-0.4, -0.2) is 35.6 Å². The lowest BCUT2D eigenvalue weighted by Gasteiger charge is -2.29. The fourth-order valence-corrected chi connectivity index (χ4v) is 2.26. The molecule has 1 aliphatic rings. The molecule has 0 aromatic heterocycles. The molecule has 0 radical (unpaired) electrons. The molecule has 1 heterocycles. The van der Waals surface area contributed by atoms with E-state index in [2.05, 4.69) is 0 Å². The van der Waals surface area contributed by atoms with E-state index in [1.165, 1.54) is 0 Å². The van der Waals surface area contributed by atoms with Gasteiger partial charge in [0, 0.05) is 5.56 Å². The van der Waals surface area contributed by atoms with Crippen molar-refractivity contribution in [3.05, 3.63) is 23.5 Å². The molecular formula is C15H21FO4. The summed E-state index contributed by atoms with van der Waals surface area (Å²) in [5, 5.41) is 18.5. The van der Waals surface area contributed by atoms with Gasteiger partial charge in [0.2, 0.25) is 0 Å². The maximum atomic E-state index is 14.3. The van der Waals surface area contributed by atoms with Crippen LogP contribution in [0.25, 0.3) is 0 Å². The summed E-state index contributed by atoms with van der Waals surface area (Å²) >= 11 is 0. The topological polar surface area (TPSA) is 58.9 Å². The number of benzene rings is 1. The van der Waals surface area contributed by atoms with Crippen LogP contribution in [0.1, 0.15) is 31.7 Å².